The van der Waals surface area contributed by atoms with Crippen LogP contribution in [0.5, 0.6) is 0 Å². The topological polar surface area (TPSA) is 67.4 Å². The maximum atomic E-state index is 12.1. The summed E-state index contributed by atoms with van der Waals surface area (Å²) in [5.74, 6) is 0. The Hall–Kier alpha value is -0.950. The van der Waals surface area contributed by atoms with Crippen molar-refractivity contribution in [1.82, 2.24) is 10.0 Å². The predicted octanol–water partition coefficient (Wildman–Crippen LogP) is 2.06. The van der Waals surface area contributed by atoms with Gasteiger partial charge in [0.2, 0.25) is 10.0 Å². The average molecular weight is 314 g/mol. The molecule has 0 spiro atoms. The smallest absolute Gasteiger partial charge is 0.240 e. The Morgan fingerprint density at radius 2 is 1.81 bits per heavy atom. The first-order chi connectivity index (χ1) is 10.0. The summed E-state index contributed by atoms with van der Waals surface area (Å²) in [6.07, 6.45) is 1.07. The summed E-state index contributed by atoms with van der Waals surface area (Å²) in [6.45, 7) is 8.25. The number of hydrogen-bond donors (Lipinski definition) is 2. The van der Waals surface area contributed by atoms with Crippen LogP contribution in [0.1, 0.15) is 38.8 Å². The van der Waals surface area contributed by atoms with Gasteiger partial charge >= 0.3 is 0 Å². The Morgan fingerprint density at radius 1 is 1.14 bits per heavy atom. The van der Waals surface area contributed by atoms with Crippen LogP contribution in [0.25, 0.3) is 0 Å². The van der Waals surface area contributed by atoms with Crippen LogP contribution in [-0.4, -0.2) is 34.7 Å². The fraction of sp³-hybridized carbons (Fsp3) is 0.600. The zero-order valence-corrected chi connectivity index (χ0v) is 13.9. The van der Waals surface area contributed by atoms with Gasteiger partial charge in [0.05, 0.1) is 11.5 Å². The largest absolute Gasteiger partial charge is 0.380 e. The molecule has 1 atom stereocenters. The van der Waals surface area contributed by atoms with Gasteiger partial charge in [-0.15, -0.1) is 0 Å². The summed E-state index contributed by atoms with van der Waals surface area (Å²) in [4.78, 5) is 0.283. The third kappa shape index (κ3) is 6.13. The number of rotatable bonds is 10. The molecule has 2 N–H and O–H groups in total. The molecule has 0 heterocycles. The van der Waals surface area contributed by atoms with Gasteiger partial charge in [0.1, 0.15) is 0 Å². The molecular formula is C15H26N2O3S. The number of ether oxygens (including phenoxy) is 1. The van der Waals surface area contributed by atoms with E-state index in [1.54, 1.807) is 12.1 Å². The summed E-state index contributed by atoms with van der Waals surface area (Å²) in [7, 11) is -3.45. The van der Waals surface area contributed by atoms with Gasteiger partial charge in [-0.1, -0.05) is 19.1 Å². The summed E-state index contributed by atoms with van der Waals surface area (Å²) in [5, 5.41) is 3.37. The highest BCUT2D eigenvalue weighted by atomic mass is 32.2. The van der Waals surface area contributed by atoms with E-state index in [-0.39, 0.29) is 17.5 Å². The van der Waals surface area contributed by atoms with E-state index in [1.165, 1.54) is 0 Å². The lowest BCUT2D eigenvalue weighted by atomic mass is 10.1. The van der Waals surface area contributed by atoms with Crippen LogP contribution >= 0.6 is 0 Å². The minimum absolute atomic E-state index is 0.215. The van der Waals surface area contributed by atoms with Crippen molar-refractivity contribution < 1.29 is 13.2 Å². The van der Waals surface area contributed by atoms with Crippen molar-refractivity contribution in [1.29, 1.82) is 0 Å². The average Bonchev–Trinajstić information content (AvgIpc) is 2.49. The van der Waals surface area contributed by atoms with Crippen LogP contribution in [0.3, 0.4) is 0 Å². The molecule has 0 amide bonds. The minimum atomic E-state index is -3.45. The SMILES string of the molecule is CCCNC(C)c1ccc(S(=O)(=O)NCCOCC)cc1. The lowest BCUT2D eigenvalue weighted by Gasteiger charge is -2.14. The van der Waals surface area contributed by atoms with Crippen molar-refractivity contribution in [3.05, 3.63) is 29.8 Å². The highest BCUT2D eigenvalue weighted by molar-refractivity contribution is 7.89. The van der Waals surface area contributed by atoms with Crippen LogP contribution < -0.4 is 10.0 Å². The molecule has 0 radical (unpaired) electrons. The van der Waals surface area contributed by atoms with Gasteiger partial charge < -0.3 is 10.1 Å². The summed E-state index contributed by atoms with van der Waals surface area (Å²) in [5.41, 5.74) is 1.08. The number of sulfonamides is 1. The molecule has 6 heteroatoms. The predicted molar refractivity (Wildman–Crippen MR) is 84.8 cm³/mol. The quantitative estimate of drug-likeness (QED) is 0.649. The number of benzene rings is 1. The maximum Gasteiger partial charge on any atom is 0.240 e. The molecule has 0 aliphatic rings. The Bertz CT molecular complexity index is 500. The Kier molecular flexibility index (Phi) is 7.88. The highest BCUT2D eigenvalue weighted by Crippen LogP contribution is 2.16. The van der Waals surface area contributed by atoms with Crippen molar-refractivity contribution in [3.63, 3.8) is 0 Å². The molecule has 0 fully saturated rings. The van der Waals surface area contributed by atoms with Crippen LogP contribution in [-0.2, 0) is 14.8 Å². The lowest BCUT2D eigenvalue weighted by molar-refractivity contribution is 0.153. The molecule has 0 aromatic heterocycles. The Morgan fingerprint density at radius 3 is 2.38 bits per heavy atom. The molecule has 5 nitrogen and oxygen atoms in total. The third-order valence-electron chi connectivity index (χ3n) is 3.13. The highest BCUT2D eigenvalue weighted by Gasteiger charge is 2.13. The van der Waals surface area contributed by atoms with Gasteiger partial charge in [0.25, 0.3) is 0 Å². The lowest BCUT2D eigenvalue weighted by Crippen LogP contribution is -2.27. The second kappa shape index (κ2) is 9.15. The van der Waals surface area contributed by atoms with Crippen LogP contribution in [0, 0.1) is 0 Å². The fourth-order valence-corrected chi connectivity index (χ4v) is 2.90. The normalized spacial score (nSPS) is 13.3. The standard InChI is InChI=1S/C15H26N2O3S/c1-4-10-16-13(3)14-6-8-15(9-7-14)21(18,19)17-11-12-20-5-2/h6-9,13,16-17H,4-5,10-12H2,1-3H3. The van der Waals surface area contributed by atoms with Crippen molar-refractivity contribution in [3.8, 4) is 0 Å². The first-order valence-corrected chi connectivity index (χ1v) is 8.90. The third-order valence-corrected chi connectivity index (χ3v) is 4.61. The Labute approximate surface area is 128 Å². The van der Waals surface area contributed by atoms with E-state index < -0.39 is 10.0 Å². The molecule has 0 aliphatic carbocycles. The second-order valence-corrected chi connectivity index (χ2v) is 6.61. The number of hydrogen-bond acceptors (Lipinski definition) is 4. The van der Waals surface area contributed by atoms with Crippen LogP contribution in [0.15, 0.2) is 29.2 Å². The first-order valence-electron chi connectivity index (χ1n) is 7.42. The van der Waals surface area contributed by atoms with Gasteiger partial charge in [-0.2, -0.15) is 0 Å². The second-order valence-electron chi connectivity index (χ2n) is 4.84. The molecule has 1 aromatic carbocycles. The van der Waals surface area contributed by atoms with Crippen molar-refractivity contribution >= 4 is 10.0 Å². The van der Waals surface area contributed by atoms with E-state index in [2.05, 4.69) is 23.9 Å². The van der Waals surface area contributed by atoms with Gasteiger partial charge in [-0.3, -0.25) is 0 Å². The number of nitrogens with one attached hydrogen (secondary N) is 2. The van der Waals surface area contributed by atoms with Crippen molar-refractivity contribution in [2.75, 3.05) is 26.3 Å². The van der Waals surface area contributed by atoms with Gasteiger partial charge in [0, 0.05) is 19.2 Å². The molecule has 21 heavy (non-hydrogen) atoms. The van der Waals surface area contributed by atoms with Gasteiger partial charge in [0.15, 0.2) is 0 Å². The molecule has 0 saturated carbocycles. The molecule has 0 bridgehead atoms. The monoisotopic (exact) mass is 314 g/mol. The summed E-state index contributed by atoms with van der Waals surface area (Å²) < 4.78 is 31.8. The van der Waals surface area contributed by atoms with Gasteiger partial charge in [-0.25, -0.2) is 13.1 Å². The first kappa shape index (κ1) is 18.1. The molecule has 0 aliphatic heterocycles. The molecular weight excluding hydrogens is 288 g/mol. The minimum Gasteiger partial charge on any atom is -0.380 e. The Balaban J connectivity index is 2.63. The molecule has 0 saturated heterocycles. The van der Waals surface area contributed by atoms with Crippen LogP contribution in [0.4, 0.5) is 0 Å². The van der Waals surface area contributed by atoms with E-state index in [4.69, 9.17) is 4.74 Å². The zero-order chi connectivity index (χ0) is 15.7. The maximum absolute atomic E-state index is 12.1. The summed E-state index contributed by atoms with van der Waals surface area (Å²) in [6, 6.07) is 7.20. The molecule has 1 rings (SSSR count). The molecule has 120 valence electrons. The van der Waals surface area contributed by atoms with E-state index >= 15 is 0 Å². The van der Waals surface area contributed by atoms with Crippen LogP contribution in [0.2, 0.25) is 0 Å². The molecule has 1 aromatic rings. The van der Waals surface area contributed by atoms with E-state index in [1.807, 2.05) is 19.1 Å². The van der Waals surface area contributed by atoms with E-state index in [0.717, 1.165) is 18.5 Å². The van der Waals surface area contributed by atoms with Crippen molar-refractivity contribution in [2.24, 2.45) is 0 Å². The zero-order valence-electron chi connectivity index (χ0n) is 13.1. The molecule has 1 unspecified atom stereocenters. The van der Waals surface area contributed by atoms with Crippen molar-refractivity contribution in [2.45, 2.75) is 38.1 Å². The fourth-order valence-electron chi connectivity index (χ4n) is 1.89. The summed E-state index contributed by atoms with van der Waals surface area (Å²) >= 11 is 0. The van der Waals surface area contributed by atoms with E-state index in [0.29, 0.717) is 13.2 Å². The van der Waals surface area contributed by atoms with Gasteiger partial charge in [-0.05, 0) is 44.5 Å². The van der Waals surface area contributed by atoms with E-state index in [9.17, 15) is 8.42 Å².